The zero-order valence-electron chi connectivity index (χ0n) is 11.0. The lowest BCUT2D eigenvalue weighted by atomic mass is 9.84. The van der Waals surface area contributed by atoms with Crippen molar-refractivity contribution in [1.29, 1.82) is 0 Å². The molecule has 0 bridgehead atoms. The Bertz CT molecular complexity index is 597. The molecule has 0 aliphatic rings. The summed E-state index contributed by atoms with van der Waals surface area (Å²) in [5.41, 5.74) is 0.939. The Balaban J connectivity index is 2.56. The highest BCUT2D eigenvalue weighted by molar-refractivity contribution is 6.31. The van der Waals surface area contributed by atoms with Crippen LogP contribution < -0.4 is 0 Å². The summed E-state index contributed by atoms with van der Waals surface area (Å²) in [6.07, 6.45) is 0.440. The van der Waals surface area contributed by atoms with Crippen LogP contribution in [0, 0.1) is 12.7 Å². The molecular formula is C16H16ClFO. The van der Waals surface area contributed by atoms with Gasteiger partial charge in [0.15, 0.2) is 0 Å². The van der Waals surface area contributed by atoms with Crippen LogP contribution in [0.5, 0.6) is 0 Å². The van der Waals surface area contributed by atoms with E-state index in [0.29, 0.717) is 22.6 Å². The predicted octanol–water partition coefficient (Wildman–Crippen LogP) is 4.43. The second-order valence-electron chi connectivity index (χ2n) is 4.69. The van der Waals surface area contributed by atoms with Gasteiger partial charge in [0.25, 0.3) is 0 Å². The van der Waals surface area contributed by atoms with Crippen LogP contribution in [-0.4, -0.2) is 5.11 Å². The lowest BCUT2D eigenvalue weighted by Gasteiger charge is -2.28. The quantitative estimate of drug-likeness (QED) is 0.880. The average molecular weight is 279 g/mol. The molecule has 0 aliphatic carbocycles. The van der Waals surface area contributed by atoms with Gasteiger partial charge in [-0.05, 0) is 48.2 Å². The van der Waals surface area contributed by atoms with Gasteiger partial charge in [-0.1, -0.05) is 42.8 Å². The van der Waals surface area contributed by atoms with E-state index < -0.39 is 5.60 Å². The third-order valence-corrected chi connectivity index (χ3v) is 3.87. The Labute approximate surface area is 117 Å². The zero-order valence-corrected chi connectivity index (χ0v) is 11.7. The molecule has 0 saturated carbocycles. The zero-order chi connectivity index (χ0) is 14.0. The molecule has 0 fully saturated rings. The van der Waals surface area contributed by atoms with Gasteiger partial charge < -0.3 is 5.11 Å². The molecule has 3 heteroatoms. The molecular weight excluding hydrogens is 263 g/mol. The number of hydrogen-bond donors (Lipinski definition) is 1. The molecule has 2 aromatic rings. The molecule has 19 heavy (non-hydrogen) atoms. The van der Waals surface area contributed by atoms with Crippen molar-refractivity contribution >= 4 is 11.6 Å². The fraction of sp³-hybridized carbons (Fsp3) is 0.250. The minimum atomic E-state index is -1.22. The first-order valence-corrected chi connectivity index (χ1v) is 6.60. The Morgan fingerprint density at radius 2 is 1.84 bits per heavy atom. The van der Waals surface area contributed by atoms with Gasteiger partial charge in [0.1, 0.15) is 11.4 Å². The molecule has 2 rings (SSSR count). The van der Waals surface area contributed by atoms with Crippen molar-refractivity contribution in [2.24, 2.45) is 0 Å². The van der Waals surface area contributed by atoms with Crippen LogP contribution in [0.1, 0.15) is 30.0 Å². The van der Waals surface area contributed by atoms with Crippen molar-refractivity contribution in [3.8, 4) is 0 Å². The van der Waals surface area contributed by atoms with Crippen molar-refractivity contribution < 1.29 is 9.50 Å². The number of aryl methyl sites for hydroxylation is 1. The van der Waals surface area contributed by atoms with E-state index in [0.717, 1.165) is 5.56 Å². The van der Waals surface area contributed by atoms with E-state index in [4.69, 9.17) is 11.6 Å². The van der Waals surface area contributed by atoms with E-state index >= 15 is 0 Å². The highest BCUT2D eigenvalue weighted by Crippen LogP contribution is 2.35. The fourth-order valence-electron chi connectivity index (χ4n) is 2.17. The minimum absolute atomic E-state index is 0.359. The normalized spacial score (nSPS) is 14.2. The lowest BCUT2D eigenvalue weighted by molar-refractivity contribution is 0.0762. The molecule has 0 aromatic heterocycles. The standard InChI is InChI=1S/C16H16ClFO/c1-3-16(19,12-5-4-6-14(18)9-12)13-8-7-11(2)15(17)10-13/h4-10,19H,3H2,1-2H3. The van der Waals surface area contributed by atoms with Gasteiger partial charge in [0.05, 0.1) is 0 Å². The molecule has 0 heterocycles. The summed E-state index contributed by atoms with van der Waals surface area (Å²) in [6.45, 7) is 3.76. The van der Waals surface area contributed by atoms with Crippen LogP contribution in [-0.2, 0) is 5.60 Å². The van der Waals surface area contributed by atoms with Gasteiger partial charge in [-0.25, -0.2) is 4.39 Å². The molecule has 0 aliphatic heterocycles. The smallest absolute Gasteiger partial charge is 0.123 e. The monoisotopic (exact) mass is 278 g/mol. The van der Waals surface area contributed by atoms with E-state index in [-0.39, 0.29) is 5.82 Å². The van der Waals surface area contributed by atoms with Gasteiger partial charge in [-0.15, -0.1) is 0 Å². The molecule has 100 valence electrons. The van der Waals surface area contributed by atoms with E-state index in [1.807, 2.05) is 26.0 Å². The van der Waals surface area contributed by atoms with Gasteiger partial charge in [-0.3, -0.25) is 0 Å². The molecule has 1 atom stereocenters. The molecule has 0 amide bonds. The number of rotatable bonds is 3. The first-order chi connectivity index (χ1) is 8.97. The van der Waals surface area contributed by atoms with Crippen molar-refractivity contribution in [2.75, 3.05) is 0 Å². The van der Waals surface area contributed by atoms with Gasteiger partial charge >= 0.3 is 0 Å². The molecule has 1 unspecified atom stereocenters. The highest BCUT2D eigenvalue weighted by atomic mass is 35.5. The molecule has 1 nitrogen and oxygen atoms in total. The Hall–Kier alpha value is -1.38. The topological polar surface area (TPSA) is 20.2 Å². The Morgan fingerprint density at radius 1 is 1.16 bits per heavy atom. The molecule has 2 aromatic carbocycles. The number of aliphatic hydroxyl groups is 1. The summed E-state index contributed by atoms with van der Waals surface area (Å²) in [6, 6.07) is 11.5. The number of benzene rings is 2. The Kier molecular flexibility index (Phi) is 3.93. The van der Waals surface area contributed by atoms with E-state index in [1.54, 1.807) is 18.2 Å². The van der Waals surface area contributed by atoms with Crippen LogP contribution in [0.25, 0.3) is 0 Å². The lowest BCUT2D eigenvalue weighted by Crippen LogP contribution is -2.26. The van der Waals surface area contributed by atoms with E-state index in [9.17, 15) is 9.50 Å². The largest absolute Gasteiger partial charge is 0.380 e. The maximum Gasteiger partial charge on any atom is 0.123 e. The number of halogens is 2. The van der Waals surface area contributed by atoms with Gasteiger partial charge in [0, 0.05) is 5.02 Å². The summed E-state index contributed by atoms with van der Waals surface area (Å²) < 4.78 is 13.4. The number of hydrogen-bond acceptors (Lipinski definition) is 1. The first-order valence-electron chi connectivity index (χ1n) is 6.22. The summed E-state index contributed by atoms with van der Waals surface area (Å²) in [5.74, 6) is -0.359. The Morgan fingerprint density at radius 3 is 2.42 bits per heavy atom. The van der Waals surface area contributed by atoms with E-state index in [2.05, 4.69) is 0 Å². The van der Waals surface area contributed by atoms with Crippen LogP contribution in [0.4, 0.5) is 4.39 Å². The van der Waals surface area contributed by atoms with Crippen LogP contribution in [0.2, 0.25) is 5.02 Å². The highest BCUT2D eigenvalue weighted by Gasteiger charge is 2.30. The SMILES string of the molecule is CCC(O)(c1cccc(F)c1)c1ccc(C)c(Cl)c1. The summed E-state index contributed by atoms with van der Waals surface area (Å²) in [5, 5.41) is 11.5. The van der Waals surface area contributed by atoms with Crippen molar-refractivity contribution in [1.82, 2.24) is 0 Å². The van der Waals surface area contributed by atoms with Crippen molar-refractivity contribution in [3.63, 3.8) is 0 Å². The van der Waals surface area contributed by atoms with E-state index in [1.165, 1.54) is 12.1 Å². The molecule has 1 N–H and O–H groups in total. The second-order valence-corrected chi connectivity index (χ2v) is 5.10. The van der Waals surface area contributed by atoms with Crippen LogP contribution in [0.3, 0.4) is 0 Å². The predicted molar refractivity (Wildman–Crippen MR) is 75.9 cm³/mol. The molecule has 0 saturated heterocycles. The summed E-state index contributed by atoms with van der Waals surface area (Å²) >= 11 is 6.11. The van der Waals surface area contributed by atoms with Gasteiger partial charge in [-0.2, -0.15) is 0 Å². The van der Waals surface area contributed by atoms with Crippen molar-refractivity contribution in [2.45, 2.75) is 25.9 Å². The molecule has 0 spiro atoms. The maximum absolute atomic E-state index is 13.4. The summed E-state index contributed by atoms with van der Waals surface area (Å²) in [7, 11) is 0. The van der Waals surface area contributed by atoms with Gasteiger partial charge in [0.2, 0.25) is 0 Å². The first kappa shape index (κ1) is 14.0. The van der Waals surface area contributed by atoms with Crippen LogP contribution >= 0.6 is 11.6 Å². The minimum Gasteiger partial charge on any atom is -0.380 e. The summed E-state index contributed by atoms with van der Waals surface area (Å²) in [4.78, 5) is 0. The maximum atomic E-state index is 13.4. The average Bonchev–Trinajstić information content (AvgIpc) is 2.41. The fourth-order valence-corrected chi connectivity index (χ4v) is 2.35. The third-order valence-electron chi connectivity index (χ3n) is 3.46. The van der Waals surface area contributed by atoms with Crippen molar-refractivity contribution in [3.05, 3.63) is 70.0 Å². The molecule has 0 radical (unpaired) electrons. The third kappa shape index (κ3) is 2.65. The van der Waals surface area contributed by atoms with Crippen LogP contribution in [0.15, 0.2) is 42.5 Å². The second kappa shape index (κ2) is 5.32.